The molecule has 148 valence electrons. The number of rotatable bonds is 6. The van der Waals surface area contributed by atoms with Crippen molar-refractivity contribution in [2.75, 3.05) is 0 Å². The van der Waals surface area contributed by atoms with Gasteiger partial charge in [0.25, 0.3) is 5.56 Å². The van der Waals surface area contributed by atoms with Crippen molar-refractivity contribution >= 4 is 28.0 Å². The summed E-state index contributed by atoms with van der Waals surface area (Å²) in [5, 5.41) is 3.85. The molecule has 0 aliphatic heterocycles. The Bertz CT molecular complexity index is 1210. The average molecular weight is 389 g/mol. The Labute approximate surface area is 168 Å². The van der Waals surface area contributed by atoms with Crippen LogP contribution in [0.5, 0.6) is 0 Å². The van der Waals surface area contributed by atoms with Crippen molar-refractivity contribution in [1.82, 2.24) is 14.9 Å². The summed E-state index contributed by atoms with van der Waals surface area (Å²) in [6, 6.07) is 17.1. The van der Waals surface area contributed by atoms with E-state index in [9.17, 15) is 9.59 Å². The van der Waals surface area contributed by atoms with Gasteiger partial charge in [-0.3, -0.25) is 14.2 Å². The summed E-state index contributed by atoms with van der Waals surface area (Å²) in [5.41, 5.74) is 1.98. The van der Waals surface area contributed by atoms with Crippen molar-refractivity contribution in [3.8, 4) is 0 Å². The van der Waals surface area contributed by atoms with Gasteiger partial charge in [0.1, 0.15) is 17.6 Å². The van der Waals surface area contributed by atoms with Gasteiger partial charge < -0.3 is 9.73 Å². The second-order valence-electron chi connectivity index (χ2n) is 7.61. The molecule has 4 rings (SSSR count). The standard InChI is InChI=1S/C23H23N3O3/c1-15(2)12-18(16-8-4-3-5-9-16)25-20(27)13-26-14-24-21-17-10-6-7-11-19(17)29-22(21)23(26)28/h3-11,14-15,18H,12-13H2,1-2H3,(H,25,27). The summed E-state index contributed by atoms with van der Waals surface area (Å²) < 4.78 is 6.97. The largest absolute Gasteiger partial charge is 0.448 e. The summed E-state index contributed by atoms with van der Waals surface area (Å²) in [5.74, 6) is 0.177. The van der Waals surface area contributed by atoms with E-state index < -0.39 is 0 Å². The van der Waals surface area contributed by atoms with E-state index in [4.69, 9.17) is 4.42 Å². The molecule has 0 bridgehead atoms. The van der Waals surface area contributed by atoms with E-state index in [0.717, 1.165) is 17.4 Å². The van der Waals surface area contributed by atoms with Crippen LogP contribution < -0.4 is 10.9 Å². The van der Waals surface area contributed by atoms with E-state index in [0.29, 0.717) is 17.0 Å². The Morgan fingerprint density at radius 2 is 1.83 bits per heavy atom. The van der Waals surface area contributed by atoms with Gasteiger partial charge in [0.05, 0.1) is 12.4 Å². The second-order valence-corrected chi connectivity index (χ2v) is 7.61. The number of fused-ring (bicyclic) bond motifs is 3. The number of hydrogen-bond acceptors (Lipinski definition) is 4. The van der Waals surface area contributed by atoms with Crippen LogP contribution in [0.25, 0.3) is 22.1 Å². The first-order chi connectivity index (χ1) is 14.0. The van der Waals surface area contributed by atoms with E-state index in [-0.39, 0.29) is 29.6 Å². The zero-order chi connectivity index (χ0) is 20.4. The summed E-state index contributed by atoms with van der Waals surface area (Å²) in [7, 11) is 0. The van der Waals surface area contributed by atoms with Crippen molar-refractivity contribution < 1.29 is 9.21 Å². The van der Waals surface area contributed by atoms with Gasteiger partial charge in [-0.2, -0.15) is 0 Å². The number of carbonyl (C=O) groups is 1. The fourth-order valence-electron chi connectivity index (χ4n) is 3.56. The van der Waals surface area contributed by atoms with Crippen LogP contribution in [0.2, 0.25) is 0 Å². The number of nitrogens with one attached hydrogen (secondary N) is 1. The number of hydrogen-bond donors (Lipinski definition) is 1. The van der Waals surface area contributed by atoms with Crippen LogP contribution in [-0.4, -0.2) is 15.5 Å². The predicted octanol–water partition coefficient (Wildman–Crippen LogP) is 4.05. The summed E-state index contributed by atoms with van der Waals surface area (Å²) in [6.07, 6.45) is 2.22. The number of carbonyl (C=O) groups excluding carboxylic acids is 1. The first-order valence-corrected chi connectivity index (χ1v) is 9.74. The smallest absolute Gasteiger partial charge is 0.297 e. The van der Waals surface area contributed by atoms with Gasteiger partial charge >= 0.3 is 0 Å². The molecule has 1 amide bonds. The highest BCUT2D eigenvalue weighted by molar-refractivity contribution is 6.01. The lowest BCUT2D eigenvalue weighted by Gasteiger charge is -2.21. The molecule has 0 aliphatic carbocycles. The van der Waals surface area contributed by atoms with Crippen LogP contribution >= 0.6 is 0 Å². The van der Waals surface area contributed by atoms with Gasteiger partial charge in [0, 0.05) is 5.39 Å². The van der Waals surface area contributed by atoms with E-state index in [1.54, 1.807) is 6.07 Å². The molecule has 1 unspecified atom stereocenters. The summed E-state index contributed by atoms with van der Waals surface area (Å²) in [4.78, 5) is 29.9. The zero-order valence-corrected chi connectivity index (χ0v) is 16.5. The molecule has 6 heteroatoms. The summed E-state index contributed by atoms with van der Waals surface area (Å²) >= 11 is 0. The van der Waals surface area contributed by atoms with Crippen molar-refractivity contribution in [3.05, 3.63) is 76.8 Å². The fourth-order valence-corrected chi connectivity index (χ4v) is 3.56. The SMILES string of the molecule is CC(C)CC(NC(=O)Cn1cnc2c(oc3ccccc32)c1=O)c1ccccc1. The lowest BCUT2D eigenvalue weighted by atomic mass is 9.97. The number of benzene rings is 2. The van der Waals surface area contributed by atoms with Gasteiger partial charge in [-0.15, -0.1) is 0 Å². The molecule has 6 nitrogen and oxygen atoms in total. The molecule has 0 saturated carbocycles. The highest BCUT2D eigenvalue weighted by Gasteiger charge is 2.18. The maximum absolute atomic E-state index is 12.8. The molecule has 29 heavy (non-hydrogen) atoms. The predicted molar refractivity (Wildman–Crippen MR) is 113 cm³/mol. The zero-order valence-electron chi connectivity index (χ0n) is 16.5. The van der Waals surface area contributed by atoms with E-state index >= 15 is 0 Å². The minimum Gasteiger partial charge on any atom is -0.448 e. The molecule has 1 atom stereocenters. The molecule has 2 aromatic heterocycles. The quantitative estimate of drug-likeness (QED) is 0.540. The topological polar surface area (TPSA) is 77.1 Å². The normalized spacial score (nSPS) is 12.5. The van der Waals surface area contributed by atoms with Gasteiger partial charge in [0.15, 0.2) is 0 Å². The van der Waals surface area contributed by atoms with Crippen molar-refractivity contribution in [2.24, 2.45) is 5.92 Å². The van der Waals surface area contributed by atoms with Crippen LogP contribution in [0.3, 0.4) is 0 Å². The molecule has 4 aromatic rings. The Kier molecular flexibility index (Phi) is 5.16. The number of furan rings is 1. The van der Waals surface area contributed by atoms with Gasteiger partial charge in [-0.25, -0.2) is 4.98 Å². The van der Waals surface area contributed by atoms with Gasteiger partial charge in [0.2, 0.25) is 11.5 Å². The molecule has 2 aromatic carbocycles. The highest BCUT2D eigenvalue weighted by atomic mass is 16.3. The van der Waals surface area contributed by atoms with Crippen LogP contribution in [0, 0.1) is 5.92 Å². The summed E-state index contributed by atoms with van der Waals surface area (Å²) in [6.45, 7) is 4.12. The number of aromatic nitrogens is 2. The van der Waals surface area contributed by atoms with Gasteiger partial charge in [-0.1, -0.05) is 56.3 Å². The fraction of sp³-hybridized carbons (Fsp3) is 0.261. The molecular formula is C23H23N3O3. The first kappa shape index (κ1) is 18.9. The van der Waals surface area contributed by atoms with Crippen molar-refractivity contribution in [3.63, 3.8) is 0 Å². The maximum atomic E-state index is 12.8. The highest BCUT2D eigenvalue weighted by Crippen LogP contribution is 2.24. The number of nitrogens with zero attached hydrogens (tertiary/aromatic N) is 2. The molecule has 0 spiro atoms. The molecule has 0 aliphatic rings. The molecule has 2 heterocycles. The second kappa shape index (κ2) is 7.91. The first-order valence-electron chi connectivity index (χ1n) is 9.74. The molecule has 0 radical (unpaired) electrons. The average Bonchev–Trinajstić information content (AvgIpc) is 3.09. The lowest BCUT2D eigenvalue weighted by Crippen LogP contribution is -2.35. The van der Waals surface area contributed by atoms with Crippen molar-refractivity contribution in [1.29, 1.82) is 0 Å². The third-order valence-corrected chi connectivity index (χ3v) is 4.91. The molecule has 0 saturated heterocycles. The van der Waals surface area contributed by atoms with E-state index in [1.165, 1.54) is 10.9 Å². The third-order valence-electron chi connectivity index (χ3n) is 4.91. The van der Waals surface area contributed by atoms with Crippen LogP contribution in [0.4, 0.5) is 0 Å². The van der Waals surface area contributed by atoms with Crippen molar-refractivity contribution in [2.45, 2.75) is 32.9 Å². The Morgan fingerprint density at radius 3 is 2.59 bits per heavy atom. The van der Waals surface area contributed by atoms with Crippen LogP contribution in [0.1, 0.15) is 31.9 Å². The molecule has 0 fully saturated rings. The minimum atomic E-state index is -0.360. The Hall–Kier alpha value is -3.41. The molecule has 1 N–H and O–H groups in total. The van der Waals surface area contributed by atoms with Crippen LogP contribution in [0.15, 0.2) is 70.1 Å². The minimum absolute atomic E-state index is 0.109. The number of para-hydroxylation sites is 1. The maximum Gasteiger partial charge on any atom is 0.297 e. The third kappa shape index (κ3) is 3.92. The van der Waals surface area contributed by atoms with E-state index in [1.807, 2.05) is 48.5 Å². The monoisotopic (exact) mass is 389 g/mol. The molecular weight excluding hydrogens is 366 g/mol. The Balaban J connectivity index is 1.58. The number of amides is 1. The van der Waals surface area contributed by atoms with Gasteiger partial charge in [-0.05, 0) is 30.0 Å². The van der Waals surface area contributed by atoms with Crippen LogP contribution in [-0.2, 0) is 11.3 Å². The van der Waals surface area contributed by atoms with E-state index in [2.05, 4.69) is 24.1 Å². The Morgan fingerprint density at radius 1 is 1.10 bits per heavy atom. The lowest BCUT2D eigenvalue weighted by molar-refractivity contribution is -0.122.